The lowest BCUT2D eigenvalue weighted by atomic mass is 9.76. The van der Waals surface area contributed by atoms with Crippen molar-refractivity contribution in [1.29, 1.82) is 0 Å². The van der Waals surface area contributed by atoms with Crippen molar-refractivity contribution in [3.8, 4) is 5.75 Å². The average molecular weight is 291 g/mol. The molecule has 0 aliphatic heterocycles. The molecule has 0 aromatic heterocycles. The summed E-state index contributed by atoms with van der Waals surface area (Å²) in [4.78, 5) is 0. The van der Waals surface area contributed by atoms with Crippen molar-refractivity contribution in [2.75, 3.05) is 20.8 Å². The molecular formula is C18H29NO2. The fraction of sp³-hybridized carbons (Fsp3) is 0.667. The zero-order chi connectivity index (χ0) is 15.1. The fourth-order valence-corrected chi connectivity index (χ4v) is 3.53. The monoisotopic (exact) mass is 291 g/mol. The predicted molar refractivity (Wildman–Crippen MR) is 86.9 cm³/mol. The fourth-order valence-electron chi connectivity index (χ4n) is 3.53. The van der Waals surface area contributed by atoms with Crippen LogP contribution in [0.1, 0.15) is 57.1 Å². The molecule has 1 aliphatic rings. The molecule has 1 aliphatic carbocycles. The molecule has 0 amide bonds. The van der Waals surface area contributed by atoms with Gasteiger partial charge in [0.1, 0.15) is 5.75 Å². The first-order chi connectivity index (χ1) is 10.3. The highest BCUT2D eigenvalue weighted by Crippen LogP contribution is 2.43. The van der Waals surface area contributed by atoms with Crippen molar-refractivity contribution in [3.63, 3.8) is 0 Å². The molecule has 1 aromatic rings. The van der Waals surface area contributed by atoms with E-state index in [9.17, 15) is 0 Å². The quantitative estimate of drug-likeness (QED) is 0.821. The molecule has 21 heavy (non-hydrogen) atoms. The minimum atomic E-state index is -0.109. The van der Waals surface area contributed by atoms with Crippen LogP contribution in [0.4, 0.5) is 0 Å². The number of ether oxygens (including phenoxy) is 2. The second-order valence-corrected chi connectivity index (χ2v) is 5.96. The lowest BCUT2D eigenvalue weighted by Crippen LogP contribution is -2.47. The SMILES string of the molecule is CCCNC(c1ccccc1OC)C1(OC)CCCCC1. The third kappa shape index (κ3) is 3.58. The molecule has 1 aromatic carbocycles. The Labute approximate surface area is 129 Å². The molecule has 1 unspecified atom stereocenters. The van der Waals surface area contributed by atoms with E-state index in [0.29, 0.717) is 0 Å². The van der Waals surface area contributed by atoms with Crippen LogP contribution in [-0.2, 0) is 4.74 Å². The van der Waals surface area contributed by atoms with Crippen molar-refractivity contribution >= 4 is 0 Å². The Bertz CT molecular complexity index is 427. The van der Waals surface area contributed by atoms with Gasteiger partial charge in [0.2, 0.25) is 0 Å². The summed E-state index contributed by atoms with van der Waals surface area (Å²) < 4.78 is 11.7. The van der Waals surface area contributed by atoms with E-state index in [1.807, 2.05) is 19.2 Å². The van der Waals surface area contributed by atoms with Crippen LogP contribution >= 0.6 is 0 Å². The normalized spacial score (nSPS) is 19.2. The number of rotatable bonds is 7. The summed E-state index contributed by atoms with van der Waals surface area (Å²) in [6.45, 7) is 3.19. The Morgan fingerprint density at radius 1 is 1.14 bits per heavy atom. The minimum absolute atomic E-state index is 0.109. The van der Waals surface area contributed by atoms with E-state index in [0.717, 1.165) is 31.6 Å². The molecule has 3 nitrogen and oxygen atoms in total. The molecule has 1 fully saturated rings. The topological polar surface area (TPSA) is 30.5 Å². The molecule has 2 rings (SSSR count). The lowest BCUT2D eigenvalue weighted by Gasteiger charge is -2.43. The molecule has 0 heterocycles. The van der Waals surface area contributed by atoms with Crippen LogP contribution in [-0.4, -0.2) is 26.4 Å². The molecular weight excluding hydrogens is 262 g/mol. The smallest absolute Gasteiger partial charge is 0.123 e. The Morgan fingerprint density at radius 2 is 1.86 bits per heavy atom. The molecule has 3 heteroatoms. The van der Waals surface area contributed by atoms with E-state index < -0.39 is 0 Å². The van der Waals surface area contributed by atoms with Crippen molar-refractivity contribution < 1.29 is 9.47 Å². The lowest BCUT2D eigenvalue weighted by molar-refractivity contribution is -0.0691. The molecule has 0 bridgehead atoms. The zero-order valence-corrected chi connectivity index (χ0v) is 13.7. The van der Waals surface area contributed by atoms with Gasteiger partial charge < -0.3 is 14.8 Å². The first-order valence-corrected chi connectivity index (χ1v) is 8.19. The molecule has 1 N–H and O–H groups in total. The van der Waals surface area contributed by atoms with Crippen LogP contribution in [0.25, 0.3) is 0 Å². The van der Waals surface area contributed by atoms with Gasteiger partial charge in [0.25, 0.3) is 0 Å². The minimum Gasteiger partial charge on any atom is -0.496 e. The molecule has 0 spiro atoms. The highest BCUT2D eigenvalue weighted by atomic mass is 16.5. The van der Waals surface area contributed by atoms with Gasteiger partial charge in [-0.05, 0) is 31.9 Å². The first kappa shape index (κ1) is 16.3. The van der Waals surface area contributed by atoms with Gasteiger partial charge in [-0.2, -0.15) is 0 Å². The summed E-state index contributed by atoms with van der Waals surface area (Å²) in [5.41, 5.74) is 1.11. The summed E-state index contributed by atoms with van der Waals surface area (Å²) in [6.07, 6.45) is 7.15. The van der Waals surface area contributed by atoms with Gasteiger partial charge in [0, 0.05) is 12.7 Å². The highest BCUT2D eigenvalue weighted by Gasteiger charge is 2.41. The zero-order valence-electron chi connectivity index (χ0n) is 13.7. The van der Waals surface area contributed by atoms with Gasteiger partial charge in [0.05, 0.1) is 18.8 Å². The van der Waals surface area contributed by atoms with E-state index in [1.165, 1.54) is 24.8 Å². The Kier molecular flexibility index (Phi) is 6.07. The Hall–Kier alpha value is -1.06. The summed E-state index contributed by atoms with van der Waals surface area (Å²) in [5.74, 6) is 0.952. The second kappa shape index (κ2) is 7.81. The van der Waals surface area contributed by atoms with E-state index in [2.05, 4.69) is 24.4 Å². The number of benzene rings is 1. The van der Waals surface area contributed by atoms with Crippen LogP contribution in [0.15, 0.2) is 24.3 Å². The summed E-state index contributed by atoms with van der Waals surface area (Å²) >= 11 is 0. The number of methoxy groups -OCH3 is 2. The van der Waals surface area contributed by atoms with Crippen molar-refractivity contribution in [2.45, 2.75) is 57.1 Å². The van der Waals surface area contributed by atoms with Crippen molar-refractivity contribution in [1.82, 2.24) is 5.32 Å². The predicted octanol–water partition coefficient (Wildman–Crippen LogP) is 4.09. The van der Waals surface area contributed by atoms with Gasteiger partial charge in [-0.15, -0.1) is 0 Å². The van der Waals surface area contributed by atoms with Gasteiger partial charge >= 0.3 is 0 Å². The maximum atomic E-state index is 6.07. The van der Waals surface area contributed by atoms with Gasteiger partial charge in [-0.1, -0.05) is 44.4 Å². The Morgan fingerprint density at radius 3 is 2.48 bits per heavy atom. The van der Waals surface area contributed by atoms with Crippen LogP contribution in [0, 0.1) is 0 Å². The second-order valence-electron chi connectivity index (χ2n) is 5.96. The van der Waals surface area contributed by atoms with E-state index >= 15 is 0 Å². The first-order valence-electron chi connectivity index (χ1n) is 8.19. The summed E-state index contributed by atoms with van der Waals surface area (Å²) in [7, 11) is 3.61. The maximum absolute atomic E-state index is 6.07. The number of nitrogens with one attached hydrogen (secondary N) is 1. The number of hydrogen-bond donors (Lipinski definition) is 1. The third-order valence-corrected chi connectivity index (χ3v) is 4.68. The van der Waals surface area contributed by atoms with E-state index in [-0.39, 0.29) is 11.6 Å². The van der Waals surface area contributed by atoms with Crippen LogP contribution in [0.3, 0.4) is 0 Å². The van der Waals surface area contributed by atoms with Gasteiger partial charge in [-0.25, -0.2) is 0 Å². The van der Waals surface area contributed by atoms with Crippen molar-refractivity contribution in [3.05, 3.63) is 29.8 Å². The highest BCUT2D eigenvalue weighted by molar-refractivity contribution is 5.37. The standard InChI is InChI=1S/C18H29NO2/c1-4-14-19-17(15-10-6-7-11-16(15)20-2)18(21-3)12-8-5-9-13-18/h6-7,10-11,17,19H,4-5,8-9,12-14H2,1-3H3. The van der Waals surface area contributed by atoms with E-state index in [1.54, 1.807) is 7.11 Å². The molecule has 0 radical (unpaired) electrons. The third-order valence-electron chi connectivity index (χ3n) is 4.68. The van der Waals surface area contributed by atoms with Crippen LogP contribution < -0.4 is 10.1 Å². The van der Waals surface area contributed by atoms with E-state index in [4.69, 9.17) is 9.47 Å². The summed E-state index contributed by atoms with van der Waals surface area (Å²) in [6, 6.07) is 8.52. The number of hydrogen-bond acceptors (Lipinski definition) is 3. The van der Waals surface area contributed by atoms with Crippen LogP contribution in [0.2, 0.25) is 0 Å². The molecule has 118 valence electrons. The van der Waals surface area contributed by atoms with Gasteiger partial charge in [-0.3, -0.25) is 0 Å². The summed E-state index contributed by atoms with van der Waals surface area (Å²) in [5, 5.41) is 3.72. The molecule has 1 atom stereocenters. The average Bonchev–Trinajstić information content (AvgIpc) is 2.56. The van der Waals surface area contributed by atoms with Crippen molar-refractivity contribution in [2.24, 2.45) is 0 Å². The molecule has 1 saturated carbocycles. The Balaban J connectivity index is 2.36. The number of para-hydroxylation sites is 1. The largest absolute Gasteiger partial charge is 0.496 e. The maximum Gasteiger partial charge on any atom is 0.123 e. The molecule has 0 saturated heterocycles. The van der Waals surface area contributed by atoms with Crippen LogP contribution in [0.5, 0.6) is 5.75 Å². The van der Waals surface area contributed by atoms with Gasteiger partial charge in [0.15, 0.2) is 0 Å².